The first-order valence-corrected chi connectivity index (χ1v) is 6.27. The molecule has 2 rings (SSSR count). The summed E-state index contributed by atoms with van der Waals surface area (Å²) in [5.41, 5.74) is 2.16. The van der Waals surface area contributed by atoms with Crippen LogP contribution in [0.1, 0.15) is 25.3 Å². The molecule has 0 radical (unpaired) electrons. The fourth-order valence-electron chi connectivity index (χ4n) is 2.29. The Balaban J connectivity index is 2.17. The highest BCUT2D eigenvalue weighted by molar-refractivity contribution is 5.89. The quantitative estimate of drug-likeness (QED) is 0.766. The van der Waals surface area contributed by atoms with Gasteiger partial charge in [0.25, 0.3) is 0 Å². The zero-order chi connectivity index (χ0) is 13.0. The molecule has 0 saturated carbocycles. The molecule has 0 N–H and O–H groups in total. The lowest BCUT2D eigenvalue weighted by molar-refractivity contribution is -0.145. The number of carbonyl (C=O) groups is 1. The van der Waals surface area contributed by atoms with E-state index in [9.17, 15) is 4.79 Å². The first kappa shape index (κ1) is 12.7. The summed E-state index contributed by atoms with van der Waals surface area (Å²) in [6, 6.07) is 7.80. The SMILES string of the molecule is CCOC(=O)C1CCC=C1c1ccc(OC)cc1. The van der Waals surface area contributed by atoms with E-state index in [1.807, 2.05) is 31.2 Å². The summed E-state index contributed by atoms with van der Waals surface area (Å²) in [4.78, 5) is 11.9. The van der Waals surface area contributed by atoms with E-state index < -0.39 is 0 Å². The molecule has 0 aromatic heterocycles. The van der Waals surface area contributed by atoms with Crippen LogP contribution < -0.4 is 4.74 Å². The first-order valence-electron chi connectivity index (χ1n) is 6.27. The Kier molecular flexibility index (Phi) is 4.03. The molecule has 3 heteroatoms. The molecule has 1 aliphatic rings. The van der Waals surface area contributed by atoms with E-state index in [4.69, 9.17) is 9.47 Å². The highest BCUT2D eigenvalue weighted by Crippen LogP contribution is 2.35. The number of benzene rings is 1. The van der Waals surface area contributed by atoms with Crippen LogP contribution in [0.5, 0.6) is 5.75 Å². The predicted octanol–water partition coefficient (Wildman–Crippen LogP) is 3.05. The van der Waals surface area contributed by atoms with Crippen molar-refractivity contribution in [3.8, 4) is 5.75 Å². The molecule has 0 heterocycles. The fraction of sp³-hybridized carbons (Fsp3) is 0.400. The molecule has 1 unspecified atom stereocenters. The summed E-state index contributed by atoms with van der Waals surface area (Å²) in [7, 11) is 1.64. The molecule has 1 aromatic rings. The van der Waals surface area contributed by atoms with E-state index in [0.29, 0.717) is 6.61 Å². The van der Waals surface area contributed by atoms with Crippen molar-refractivity contribution in [3.63, 3.8) is 0 Å². The molecule has 3 nitrogen and oxygen atoms in total. The smallest absolute Gasteiger partial charge is 0.313 e. The van der Waals surface area contributed by atoms with Crippen LogP contribution in [0.2, 0.25) is 0 Å². The van der Waals surface area contributed by atoms with Gasteiger partial charge in [0.1, 0.15) is 5.75 Å². The van der Waals surface area contributed by atoms with E-state index in [-0.39, 0.29) is 11.9 Å². The van der Waals surface area contributed by atoms with Crippen molar-refractivity contribution in [3.05, 3.63) is 35.9 Å². The number of methoxy groups -OCH3 is 1. The second kappa shape index (κ2) is 5.71. The molecule has 96 valence electrons. The topological polar surface area (TPSA) is 35.5 Å². The van der Waals surface area contributed by atoms with Crippen LogP contribution in [0.25, 0.3) is 5.57 Å². The average Bonchev–Trinajstić information content (AvgIpc) is 2.88. The predicted molar refractivity (Wildman–Crippen MR) is 70.3 cm³/mol. The molecule has 18 heavy (non-hydrogen) atoms. The van der Waals surface area contributed by atoms with Gasteiger partial charge in [-0.15, -0.1) is 0 Å². The van der Waals surface area contributed by atoms with Gasteiger partial charge in [0, 0.05) is 0 Å². The van der Waals surface area contributed by atoms with Crippen LogP contribution >= 0.6 is 0 Å². The zero-order valence-electron chi connectivity index (χ0n) is 10.8. The molecule has 0 spiro atoms. The van der Waals surface area contributed by atoms with Gasteiger partial charge in [-0.2, -0.15) is 0 Å². The Hall–Kier alpha value is -1.77. The van der Waals surface area contributed by atoms with Crippen molar-refractivity contribution >= 4 is 11.5 Å². The monoisotopic (exact) mass is 246 g/mol. The molecular weight excluding hydrogens is 228 g/mol. The Labute approximate surface area is 107 Å². The van der Waals surface area contributed by atoms with E-state index in [1.54, 1.807) is 7.11 Å². The van der Waals surface area contributed by atoms with Crippen molar-refractivity contribution < 1.29 is 14.3 Å². The van der Waals surface area contributed by atoms with Gasteiger partial charge < -0.3 is 9.47 Å². The Morgan fingerprint density at radius 1 is 1.33 bits per heavy atom. The van der Waals surface area contributed by atoms with Crippen molar-refractivity contribution in [2.24, 2.45) is 5.92 Å². The zero-order valence-corrected chi connectivity index (χ0v) is 10.8. The van der Waals surface area contributed by atoms with Gasteiger partial charge in [0.15, 0.2) is 0 Å². The van der Waals surface area contributed by atoms with Crippen LogP contribution in [0.15, 0.2) is 30.3 Å². The van der Waals surface area contributed by atoms with Gasteiger partial charge in [0.05, 0.1) is 19.6 Å². The standard InChI is InChI=1S/C15H18O3/c1-3-18-15(16)14-6-4-5-13(14)11-7-9-12(17-2)10-8-11/h5,7-10,14H,3-4,6H2,1-2H3. The molecule has 1 aromatic carbocycles. The Morgan fingerprint density at radius 3 is 2.67 bits per heavy atom. The summed E-state index contributed by atoms with van der Waals surface area (Å²) in [5, 5.41) is 0. The van der Waals surface area contributed by atoms with Crippen LogP contribution in [0, 0.1) is 5.92 Å². The normalized spacial score (nSPS) is 18.3. The summed E-state index contributed by atoms with van der Waals surface area (Å²) < 4.78 is 10.3. The second-order valence-electron chi connectivity index (χ2n) is 4.27. The number of carbonyl (C=O) groups excluding carboxylic acids is 1. The fourth-order valence-corrected chi connectivity index (χ4v) is 2.29. The second-order valence-corrected chi connectivity index (χ2v) is 4.27. The molecule has 0 fully saturated rings. The molecular formula is C15H18O3. The number of hydrogen-bond donors (Lipinski definition) is 0. The minimum absolute atomic E-state index is 0.113. The summed E-state index contributed by atoms with van der Waals surface area (Å²) in [6.07, 6.45) is 3.91. The highest BCUT2D eigenvalue weighted by atomic mass is 16.5. The van der Waals surface area contributed by atoms with Crippen molar-refractivity contribution in [1.82, 2.24) is 0 Å². The van der Waals surface area contributed by atoms with Crippen LogP contribution in [-0.2, 0) is 9.53 Å². The molecule has 0 bridgehead atoms. The van der Waals surface area contributed by atoms with Gasteiger partial charge in [0.2, 0.25) is 0 Å². The van der Waals surface area contributed by atoms with Crippen molar-refractivity contribution in [2.75, 3.05) is 13.7 Å². The lowest BCUT2D eigenvalue weighted by Crippen LogP contribution is -2.16. The van der Waals surface area contributed by atoms with Crippen LogP contribution in [0.3, 0.4) is 0 Å². The van der Waals surface area contributed by atoms with Crippen molar-refractivity contribution in [1.29, 1.82) is 0 Å². The summed E-state index contributed by atoms with van der Waals surface area (Å²) in [5.74, 6) is 0.598. The van der Waals surface area contributed by atoms with E-state index in [2.05, 4.69) is 6.08 Å². The third-order valence-corrected chi connectivity index (χ3v) is 3.19. The first-order chi connectivity index (χ1) is 8.76. The molecule has 0 aliphatic heterocycles. The van der Waals surface area contributed by atoms with Gasteiger partial charge >= 0.3 is 5.97 Å². The summed E-state index contributed by atoms with van der Waals surface area (Å²) >= 11 is 0. The molecule has 0 amide bonds. The van der Waals surface area contributed by atoms with Crippen LogP contribution in [-0.4, -0.2) is 19.7 Å². The van der Waals surface area contributed by atoms with E-state index in [0.717, 1.165) is 29.7 Å². The highest BCUT2D eigenvalue weighted by Gasteiger charge is 2.28. The average molecular weight is 246 g/mol. The maximum absolute atomic E-state index is 11.9. The number of rotatable bonds is 4. The van der Waals surface area contributed by atoms with E-state index >= 15 is 0 Å². The third kappa shape index (κ3) is 2.55. The van der Waals surface area contributed by atoms with Gasteiger partial charge in [-0.25, -0.2) is 0 Å². The molecule has 0 saturated heterocycles. The lowest BCUT2D eigenvalue weighted by atomic mass is 9.95. The lowest BCUT2D eigenvalue weighted by Gasteiger charge is -2.14. The minimum Gasteiger partial charge on any atom is -0.497 e. The minimum atomic E-state index is -0.114. The molecule has 1 atom stereocenters. The van der Waals surface area contributed by atoms with E-state index in [1.165, 1.54) is 0 Å². The van der Waals surface area contributed by atoms with Gasteiger partial charge in [-0.05, 0) is 43.0 Å². The van der Waals surface area contributed by atoms with Crippen LogP contribution in [0.4, 0.5) is 0 Å². The van der Waals surface area contributed by atoms with Gasteiger partial charge in [-0.3, -0.25) is 4.79 Å². The third-order valence-electron chi connectivity index (χ3n) is 3.19. The number of ether oxygens (including phenoxy) is 2. The largest absolute Gasteiger partial charge is 0.497 e. The number of esters is 1. The molecule has 1 aliphatic carbocycles. The maximum atomic E-state index is 11.9. The Morgan fingerprint density at radius 2 is 2.06 bits per heavy atom. The van der Waals surface area contributed by atoms with Crippen molar-refractivity contribution in [2.45, 2.75) is 19.8 Å². The Bertz CT molecular complexity index is 445. The van der Waals surface area contributed by atoms with Gasteiger partial charge in [-0.1, -0.05) is 18.2 Å². The number of hydrogen-bond acceptors (Lipinski definition) is 3. The maximum Gasteiger partial charge on any atom is 0.313 e. The number of allylic oxidation sites excluding steroid dienone is 1. The summed E-state index contributed by atoms with van der Waals surface area (Å²) in [6.45, 7) is 2.27.